The summed E-state index contributed by atoms with van der Waals surface area (Å²) in [6.45, 7) is 5.38. The molecule has 1 saturated heterocycles. The van der Waals surface area contributed by atoms with E-state index in [1.54, 1.807) is 7.05 Å². The first-order chi connectivity index (χ1) is 11.7. The molecule has 0 spiro atoms. The van der Waals surface area contributed by atoms with Gasteiger partial charge in [0.15, 0.2) is 0 Å². The van der Waals surface area contributed by atoms with E-state index in [-0.39, 0.29) is 6.61 Å². The molecule has 1 heterocycles. The highest BCUT2D eigenvalue weighted by molar-refractivity contribution is 5.75. The fourth-order valence-corrected chi connectivity index (χ4v) is 2.68. The number of benzene rings is 1. The Morgan fingerprint density at radius 2 is 1.96 bits per heavy atom. The molecule has 2 rings (SSSR count). The van der Waals surface area contributed by atoms with Crippen LogP contribution in [0.1, 0.15) is 26.2 Å². The van der Waals surface area contributed by atoms with Crippen molar-refractivity contribution in [1.82, 2.24) is 9.96 Å². The Kier molecular flexibility index (Phi) is 8.01. The summed E-state index contributed by atoms with van der Waals surface area (Å²) >= 11 is 0. The zero-order valence-electron chi connectivity index (χ0n) is 14.7. The average Bonchev–Trinajstić information content (AvgIpc) is 2.61. The lowest BCUT2D eigenvalue weighted by Crippen LogP contribution is -2.40. The van der Waals surface area contributed by atoms with Gasteiger partial charge in [-0.2, -0.15) is 4.99 Å². The summed E-state index contributed by atoms with van der Waals surface area (Å²) in [5, 5.41) is 11.7. The van der Waals surface area contributed by atoms with Crippen molar-refractivity contribution < 1.29 is 14.7 Å². The second kappa shape index (κ2) is 10.3. The monoisotopic (exact) mass is 335 g/mol. The van der Waals surface area contributed by atoms with Crippen molar-refractivity contribution in [3.8, 4) is 0 Å². The average molecular weight is 335 g/mol. The van der Waals surface area contributed by atoms with Crippen molar-refractivity contribution in [1.29, 1.82) is 0 Å². The summed E-state index contributed by atoms with van der Waals surface area (Å²) in [6, 6.07) is 9.97. The van der Waals surface area contributed by atoms with Gasteiger partial charge in [-0.3, -0.25) is 4.84 Å². The maximum Gasteiger partial charge on any atom is 0.317 e. The zero-order valence-corrected chi connectivity index (χ0v) is 14.7. The first-order valence-electron chi connectivity index (χ1n) is 8.72. The smallest absolute Gasteiger partial charge is 0.317 e. The van der Waals surface area contributed by atoms with E-state index >= 15 is 0 Å². The van der Waals surface area contributed by atoms with Crippen LogP contribution in [0.4, 0.5) is 5.69 Å². The SMILES string of the molecule is CCOC(=Nc1ccccc1)N(C)OCC(O)CN1CCCCC1. The molecule has 0 amide bonds. The van der Waals surface area contributed by atoms with E-state index in [1.165, 1.54) is 24.3 Å². The van der Waals surface area contributed by atoms with Crippen molar-refractivity contribution in [2.24, 2.45) is 4.99 Å². The molecule has 1 atom stereocenters. The van der Waals surface area contributed by atoms with Crippen LogP contribution in [0.5, 0.6) is 0 Å². The second-order valence-corrected chi connectivity index (χ2v) is 5.97. The number of amidine groups is 1. The van der Waals surface area contributed by atoms with Crippen LogP contribution in [0, 0.1) is 0 Å². The Balaban J connectivity index is 1.83. The van der Waals surface area contributed by atoms with E-state index in [9.17, 15) is 5.11 Å². The van der Waals surface area contributed by atoms with Crippen molar-refractivity contribution in [3.63, 3.8) is 0 Å². The van der Waals surface area contributed by atoms with Gasteiger partial charge in [0.05, 0.1) is 18.4 Å². The van der Waals surface area contributed by atoms with Crippen LogP contribution in [0.3, 0.4) is 0 Å². The number of hydroxylamine groups is 2. The summed E-state index contributed by atoms with van der Waals surface area (Å²) in [7, 11) is 1.74. The number of hydrogen-bond acceptors (Lipinski definition) is 5. The van der Waals surface area contributed by atoms with E-state index in [0.717, 1.165) is 18.8 Å². The highest BCUT2D eigenvalue weighted by atomic mass is 16.7. The summed E-state index contributed by atoms with van der Waals surface area (Å²) < 4.78 is 5.55. The lowest BCUT2D eigenvalue weighted by molar-refractivity contribution is -0.128. The Hall–Kier alpha value is -1.63. The van der Waals surface area contributed by atoms with Crippen LogP contribution < -0.4 is 0 Å². The topological polar surface area (TPSA) is 57.5 Å². The quantitative estimate of drug-likeness (QED) is 0.471. The van der Waals surface area contributed by atoms with Crippen LogP contribution in [0.15, 0.2) is 35.3 Å². The van der Waals surface area contributed by atoms with Crippen molar-refractivity contribution in [2.45, 2.75) is 32.3 Å². The number of aliphatic hydroxyl groups is 1. The number of likely N-dealkylation sites (tertiary alicyclic amines) is 1. The summed E-state index contributed by atoms with van der Waals surface area (Å²) in [6.07, 6.45) is 3.20. The fourth-order valence-electron chi connectivity index (χ4n) is 2.68. The Morgan fingerprint density at radius 1 is 1.25 bits per heavy atom. The molecule has 134 valence electrons. The van der Waals surface area contributed by atoms with E-state index in [2.05, 4.69) is 9.89 Å². The number of β-amino-alcohol motifs (C(OH)–C–C–N with tert-alkyl or cyclic N) is 1. The van der Waals surface area contributed by atoms with Gasteiger partial charge >= 0.3 is 6.02 Å². The van der Waals surface area contributed by atoms with E-state index in [1.807, 2.05) is 37.3 Å². The minimum Gasteiger partial charge on any atom is -0.464 e. The fraction of sp³-hybridized carbons (Fsp3) is 0.611. The summed E-state index contributed by atoms with van der Waals surface area (Å²) in [4.78, 5) is 12.4. The lowest BCUT2D eigenvalue weighted by Gasteiger charge is -2.29. The second-order valence-electron chi connectivity index (χ2n) is 5.97. The minimum atomic E-state index is -0.523. The molecule has 0 aliphatic carbocycles. The number of aliphatic imine (C=N–C) groups is 1. The minimum absolute atomic E-state index is 0.216. The van der Waals surface area contributed by atoms with Crippen LogP contribution in [0.2, 0.25) is 0 Å². The Morgan fingerprint density at radius 3 is 2.62 bits per heavy atom. The van der Waals surface area contributed by atoms with Crippen molar-refractivity contribution >= 4 is 11.7 Å². The van der Waals surface area contributed by atoms with Crippen molar-refractivity contribution in [3.05, 3.63) is 30.3 Å². The van der Waals surface area contributed by atoms with Gasteiger partial charge in [0.25, 0.3) is 0 Å². The molecule has 1 N–H and O–H groups in total. The summed E-state index contributed by atoms with van der Waals surface area (Å²) in [5.41, 5.74) is 0.797. The normalized spacial score (nSPS) is 17.5. The molecule has 1 aliphatic rings. The number of ether oxygens (including phenoxy) is 1. The zero-order chi connectivity index (χ0) is 17.2. The molecule has 1 unspecified atom stereocenters. The highest BCUT2D eigenvalue weighted by Crippen LogP contribution is 2.12. The number of hydrogen-bond donors (Lipinski definition) is 1. The molecule has 24 heavy (non-hydrogen) atoms. The molecule has 1 aromatic carbocycles. The number of rotatable bonds is 7. The third kappa shape index (κ3) is 6.47. The van der Waals surface area contributed by atoms with Gasteiger partial charge in [-0.15, -0.1) is 0 Å². The molecule has 0 radical (unpaired) electrons. The Labute approximate surface area is 144 Å². The van der Waals surface area contributed by atoms with Gasteiger partial charge in [-0.05, 0) is 45.0 Å². The van der Waals surface area contributed by atoms with Crippen LogP contribution in [0.25, 0.3) is 0 Å². The molecule has 6 nitrogen and oxygen atoms in total. The molecular weight excluding hydrogens is 306 g/mol. The first-order valence-corrected chi connectivity index (χ1v) is 8.72. The van der Waals surface area contributed by atoms with E-state index in [0.29, 0.717) is 19.2 Å². The van der Waals surface area contributed by atoms with Gasteiger partial charge in [0, 0.05) is 13.6 Å². The van der Waals surface area contributed by atoms with Crippen molar-refractivity contribution in [2.75, 3.05) is 39.9 Å². The highest BCUT2D eigenvalue weighted by Gasteiger charge is 2.17. The van der Waals surface area contributed by atoms with Crippen LogP contribution in [-0.2, 0) is 9.57 Å². The number of aliphatic hydroxyl groups excluding tert-OH is 1. The number of nitrogens with zero attached hydrogens (tertiary/aromatic N) is 3. The number of para-hydroxylation sites is 1. The van der Waals surface area contributed by atoms with E-state index < -0.39 is 6.10 Å². The molecule has 1 aromatic rings. The third-order valence-electron chi connectivity index (χ3n) is 3.90. The van der Waals surface area contributed by atoms with E-state index in [4.69, 9.17) is 9.57 Å². The Bertz CT molecular complexity index is 490. The van der Waals surface area contributed by atoms with Crippen LogP contribution in [-0.4, -0.2) is 67.1 Å². The molecule has 6 heteroatoms. The standard InChI is InChI=1S/C18H29N3O3/c1-3-23-18(19-16-10-6-4-7-11-16)20(2)24-15-17(22)14-21-12-8-5-9-13-21/h4,6-7,10-11,17,22H,3,5,8-9,12-15H2,1-2H3. The van der Waals surface area contributed by atoms with Gasteiger partial charge in [-0.25, -0.2) is 5.06 Å². The molecule has 1 fully saturated rings. The number of piperidine rings is 1. The third-order valence-corrected chi connectivity index (χ3v) is 3.90. The molecular formula is C18H29N3O3. The van der Waals surface area contributed by atoms with Crippen LogP contribution >= 0.6 is 0 Å². The molecule has 1 aliphatic heterocycles. The van der Waals surface area contributed by atoms with Gasteiger partial charge in [-0.1, -0.05) is 24.6 Å². The predicted molar refractivity (Wildman–Crippen MR) is 95.2 cm³/mol. The molecule has 0 bridgehead atoms. The maximum atomic E-state index is 10.2. The molecule has 0 aromatic heterocycles. The predicted octanol–water partition coefficient (Wildman–Crippen LogP) is 2.42. The lowest BCUT2D eigenvalue weighted by atomic mass is 10.1. The first kappa shape index (κ1) is 18.7. The van der Waals surface area contributed by atoms with Gasteiger partial charge < -0.3 is 14.7 Å². The summed E-state index contributed by atoms with van der Waals surface area (Å²) in [5.74, 6) is 0. The largest absolute Gasteiger partial charge is 0.464 e. The molecule has 0 saturated carbocycles. The maximum absolute atomic E-state index is 10.2. The van der Waals surface area contributed by atoms with Gasteiger partial charge in [0.1, 0.15) is 6.61 Å². The van der Waals surface area contributed by atoms with Gasteiger partial charge in [0.2, 0.25) is 0 Å².